The Labute approximate surface area is 210 Å². The number of benzene rings is 1. The highest BCUT2D eigenvalue weighted by Crippen LogP contribution is 2.72. The molecule has 7 atom stereocenters. The van der Waals surface area contributed by atoms with Gasteiger partial charge in [0, 0.05) is 39.4 Å². The summed E-state index contributed by atoms with van der Waals surface area (Å²) in [4.78, 5) is 17.0. The first kappa shape index (κ1) is 22.7. The second-order valence-electron chi connectivity index (χ2n) is 12.3. The Morgan fingerprint density at radius 3 is 2.78 bits per heavy atom. The van der Waals surface area contributed by atoms with Gasteiger partial charge in [0.25, 0.3) is 0 Å². The number of carbonyl (C=O) groups excluding carboxylic acids is 1. The van der Waals surface area contributed by atoms with Crippen molar-refractivity contribution in [2.24, 2.45) is 11.3 Å². The van der Waals surface area contributed by atoms with Crippen molar-refractivity contribution in [3.63, 3.8) is 0 Å². The number of para-hydroxylation sites is 1. The number of nitriles is 1. The van der Waals surface area contributed by atoms with Gasteiger partial charge in [-0.2, -0.15) is 5.26 Å². The van der Waals surface area contributed by atoms with E-state index in [2.05, 4.69) is 43.1 Å². The number of rotatable bonds is 2. The highest BCUT2D eigenvalue weighted by Gasteiger charge is 2.78. The molecule has 2 N–H and O–H groups in total. The van der Waals surface area contributed by atoms with Crippen LogP contribution in [0.15, 0.2) is 35.9 Å². The summed E-state index contributed by atoms with van der Waals surface area (Å²) in [6.07, 6.45) is 2.80. The summed E-state index contributed by atoms with van der Waals surface area (Å²) >= 11 is 0. The van der Waals surface area contributed by atoms with Crippen molar-refractivity contribution in [2.45, 2.75) is 88.0 Å². The number of nitrogens with one attached hydrogen (secondary N) is 1. The van der Waals surface area contributed by atoms with Crippen LogP contribution in [-0.4, -0.2) is 51.7 Å². The van der Waals surface area contributed by atoms with Crippen molar-refractivity contribution in [1.82, 2.24) is 4.98 Å². The zero-order valence-corrected chi connectivity index (χ0v) is 21.2. The van der Waals surface area contributed by atoms with Crippen molar-refractivity contribution < 1.29 is 24.1 Å². The summed E-state index contributed by atoms with van der Waals surface area (Å²) in [6.45, 7) is 8.00. The Hall–Kier alpha value is -2.50. The van der Waals surface area contributed by atoms with Crippen LogP contribution in [0.25, 0.3) is 10.9 Å². The van der Waals surface area contributed by atoms with Crippen molar-refractivity contribution in [2.75, 3.05) is 6.61 Å². The standard InChI is InChI=1S/C29H32N2O5/c1-25(2)24-20(32)15-21-28(35-24,36-25)10-9-26(3)27(4)16(14-22(29(21,26)33)34-12-11-30)13-18-17-7-5-6-8-19(17)31-23(18)27/h5-8,15-16,22,24,31,33H,9-10,12-14H2,1-4H3/t16-,22+,24+,26-,27-,28?,29+/m1/s1. The van der Waals surface area contributed by atoms with E-state index in [1.165, 1.54) is 16.6 Å². The van der Waals surface area contributed by atoms with Crippen LogP contribution in [0.2, 0.25) is 0 Å². The maximum absolute atomic E-state index is 13.3. The molecule has 2 bridgehead atoms. The highest BCUT2D eigenvalue weighted by molar-refractivity contribution is 5.97. The molecule has 5 aliphatic rings. The number of aromatic nitrogens is 1. The van der Waals surface area contributed by atoms with Gasteiger partial charge in [0.15, 0.2) is 17.7 Å². The zero-order chi connectivity index (χ0) is 25.3. The van der Waals surface area contributed by atoms with Gasteiger partial charge in [0.2, 0.25) is 0 Å². The van der Waals surface area contributed by atoms with Gasteiger partial charge in [-0.05, 0) is 56.7 Å². The summed E-state index contributed by atoms with van der Waals surface area (Å²) in [5.74, 6) is -1.15. The van der Waals surface area contributed by atoms with Crippen LogP contribution in [-0.2, 0) is 30.8 Å². The molecule has 1 aromatic carbocycles. The average Bonchev–Trinajstić information content (AvgIpc) is 3.42. The Morgan fingerprint density at radius 2 is 2.00 bits per heavy atom. The first-order valence-electron chi connectivity index (χ1n) is 13.0. The topological polar surface area (TPSA) is 105 Å². The van der Waals surface area contributed by atoms with E-state index in [0.29, 0.717) is 24.8 Å². The molecule has 3 aliphatic carbocycles. The summed E-state index contributed by atoms with van der Waals surface area (Å²) in [7, 11) is 0. The summed E-state index contributed by atoms with van der Waals surface area (Å²) in [6, 6.07) is 10.4. The number of ketones is 1. The Morgan fingerprint density at radius 1 is 1.22 bits per heavy atom. The maximum atomic E-state index is 13.3. The monoisotopic (exact) mass is 488 g/mol. The minimum absolute atomic E-state index is 0.134. The molecular weight excluding hydrogens is 456 g/mol. The first-order chi connectivity index (χ1) is 17.0. The molecule has 2 aliphatic heterocycles. The Bertz CT molecular complexity index is 1400. The SMILES string of the molecule is CC1(C)OC23CC[C@]4(C)[C@@]5(C)c6[nH]c7ccccc7c6C[C@@H]5C[C@H](OCC#N)[C@@]4(O)C2=CC(=O)[C@@H]1O3. The normalized spacial score (nSPS) is 43.8. The fraction of sp³-hybridized carbons (Fsp3) is 0.586. The van der Waals surface area contributed by atoms with Crippen molar-refractivity contribution in [3.05, 3.63) is 47.2 Å². The largest absolute Gasteiger partial charge is 0.382 e. The quantitative estimate of drug-likeness (QED) is 0.666. The average molecular weight is 489 g/mol. The van der Waals surface area contributed by atoms with Crippen LogP contribution in [0.1, 0.15) is 58.2 Å². The van der Waals surface area contributed by atoms with Crippen LogP contribution in [0, 0.1) is 22.7 Å². The van der Waals surface area contributed by atoms with Crippen LogP contribution < -0.4 is 0 Å². The molecule has 1 unspecified atom stereocenters. The summed E-state index contributed by atoms with van der Waals surface area (Å²) in [5.41, 5.74) is 0.530. The number of aromatic amines is 1. The molecule has 7 rings (SSSR count). The molecule has 3 fully saturated rings. The zero-order valence-electron chi connectivity index (χ0n) is 21.2. The Kier molecular flexibility index (Phi) is 4.21. The van der Waals surface area contributed by atoms with Crippen molar-refractivity contribution in [3.8, 4) is 6.07 Å². The second kappa shape index (κ2) is 6.68. The lowest BCUT2D eigenvalue weighted by Crippen LogP contribution is -2.74. The third kappa shape index (κ3) is 2.32. The molecule has 36 heavy (non-hydrogen) atoms. The predicted octanol–water partition coefficient (Wildman–Crippen LogP) is 3.84. The summed E-state index contributed by atoms with van der Waals surface area (Å²) in [5, 5.41) is 23.6. The van der Waals surface area contributed by atoms with Gasteiger partial charge in [0.1, 0.15) is 17.8 Å². The molecule has 188 valence electrons. The minimum Gasteiger partial charge on any atom is -0.382 e. The number of nitrogens with zero attached hydrogens (tertiary/aromatic N) is 1. The number of hydrogen-bond acceptors (Lipinski definition) is 6. The molecule has 1 aromatic heterocycles. The number of hydrogen-bond donors (Lipinski definition) is 2. The molecule has 7 heteroatoms. The fourth-order valence-electron chi connectivity index (χ4n) is 8.72. The van der Waals surface area contributed by atoms with Crippen molar-refractivity contribution in [1.29, 1.82) is 5.26 Å². The first-order valence-corrected chi connectivity index (χ1v) is 13.0. The van der Waals surface area contributed by atoms with Gasteiger partial charge >= 0.3 is 0 Å². The van der Waals surface area contributed by atoms with E-state index < -0.39 is 40.0 Å². The lowest BCUT2D eigenvalue weighted by molar-refractivity contribution is -0.279. The van der Waals surface area contributed by atoms with Crippen molar-refractivity contribution >= 4 is 16.7 Å². The third-order valence-electron chi connectivity index (χ3n) is 10.6. The van der Waals surface area contributed by atoms with Gasteiger partial charge in [-0.3, -0.25) is 4.79 Å². The third-order valence-corrected chi connectivity index (χ3v) is 10.6. The van der Waals surface area contributed by atoms with Gasteiger partial charge in [-0.25, -0.2) is 0 Å². The molecule has 2 aromatic rings. The van der Waals surface area contributed by atoms with Crippen LogP contribution in [0.3, 0.4) is 0 Å². The molecule has 7 nitrogen and oxygen atoms in total. The molecule has 1 spiro atoms. The van der Waals surface area contributed by atoms with Gasteiger partial charge < -0.3 is 24.3 Å². The molecule has 3 heterocycles. The van der Waals surface area contributed by atoms with E-state index in [0.717, 1.165) is 11.9 Å². The Balaban J connectivity index is 1.46. The lowest BCUT2D eigenvalue weighted by atomic mass is 9.41. The van der Waals surface area contributed by atoms with E-state index in [9.17, 15) is 15.2 Å². The summed E-state index contributed by atoms with van der Waals surface area (Å²) < 4.78 is 19.0. The smallest absolute Gasteiger partial charge is 0.195 e. The van der Waals surface area contributed by atoms with Gasteiger partial charge in [-0.1, -0.05) is 32.0 Å². The molecule has 1 saturated heterocycles. The second-order valence-corrected chi connectivity index (χ2v) is 12.3. The number of carbonyl (C=O) groups is 1. The van der Waals surface area contributed by atoms with E-state index >= 15 is 0 Å². The number of aliphatic hydroxyl groups is 1. The van der Waals surface area contributed by atoms with Crippen LogP contribution in [0.4, 0.5) is 0 Å². The molecule has 0 amide bonds. The van der Waals surface area contributed by atoms with Crippen LogP contribution in [0.5, 0.6) is 0 Å². The predicted molar refractivity (Wildman–Crippen MR) is 131 cm³/mol. The highest BCUT2D eigenvalue weighted by atomic mass is 16.8. The van der Waals surface area contributed by atoms with E-state index in [1.54, 1.807) is 6.08 Å². The molecule has 0 radical (unpaired) electrons. The molecule has 2 saturated carbocycles. The van der Waals surface area contributed by atoms with E-state index in [-0.39, 0.29) is 18.3 Å². The molecular formula is C29H32N2O5. The van der Waals surface area contributed by atoms with E-state index in [4.69, 9.17) is 14.2 Å². The number of fused-ring (bicyclic) bond motifs is 9. The number of H-pyrrole nitrogens is 1. The fourth-order valence-corrected chi connectivity index (χ4v) is 8.72. The van der Waals surface area contributed by atoms with Gasteiger partial charge in [0.05, 0.1) is 12.2 Å². The van der Waals surface area contributed by atoms with Crippen LogP contribution >= 0.6 is 0 Å². The number of ether oxygens (including phenoxy) is 3. The lowest BCUT2D eigenvalue weighted by Gasteiger charge is -2.67. The maximum Gasteiger partial charge on any atom is 0.195 e. The van der Waals surface area contributed by atoms with E-state index in [1.807, 2.05) is 19.9 Å². The minimum atomic E-state index is -1.56. The van der Waals surface area contributed by atoms with Gasteiger partial charge in [-0.15, -0.1) is 0 Å².